The Kier molecular flexibility index (Phi) is 3.28. The monoisotopic (exact) mass is 295 g/mol. The minimum Gasteiger partial charge on any atom is -0.444 e. The van der Waals surface area contributed by atoms with Crippen LogP contribution in [-0.4, -0.2) is 10.5 Å². The molecule has 0 N–H and O–H groups in total. The first-order chi connectivity index (χ1) is 8.08. The summed E-state index contributed by atoms with van der Waals surface area (Å²) in [7, 11) is 0. The highest BCUT2D eigenvalue weighted by molar-refractivity contribution is 9.10. The number of esters is 1. The van der Waals surface area contributed by atoms with Crippen LogP contribution in [0.5, 0.6) is 0 Å². The summed E-state index contributed by atoms with van der Waals surface area (Å²) in [5, 5.41) is 0.917. The second-order valence-corrected chi connectivity index (χ2v) is 4.48. The van der Waals surface area contributed by atoms with Crippen molar-refractivity contribution in [1.29, 1.82) is 0 Å². The van der Waals surface area contributed by atoms with Gasteiger partial charge >= 0.3 is 5.97 Å². The van der Waals surface area contributed by atoms with Gasteiger partial charge in [0.25, 0.3) is 5.56 Å². The van der Waals surface area contributed by atoms with Crippen molar-refractivity contribution in [2.24, 2.45) is 0 Å². The Morgan fingerprint density at radius 3 is 2.76 bits per heavy atom. The zero-order valence-corrected chi connectivity index (χ0v) is 10.7. The van der Waals surface area contributed by atoms with E-state index in [0.29, 0.717) is 0 Å². The normalized spacial score (nSPS) is 10.5. The number of benzene rings is 1. The number of hydrogen-bond donors (Lipinski definition) is 0. The van der Waals surface area contributed by atoms with E-state index in [2.05, 4.69) is 15.9 Å². The van der Waals surface area contributed by atoms with Gasteiger partial charge in [-0.25, -0.2) is 0 Å². The molecule has 5 heteroatoms. The van der Waals surface area contributed by atoms with Crippen LogP contribution in [0.15, 0.2) is 39.6 Å². The molecule has 0 unspecified atom stereocenters. The fourth-order valence-electron chi connectivity index (χ4n) is 1.55. The lowest BCUT2D eigenvalue weighted by Crippen LogP contribution is -2.21. The predicted octanol–water partition coefficient (Wildman–Crippen LogP) is 2.28. The molecule has 1 heterocycles. The Bertz CT molecular complexity index is 633. The highest BCUT2D eigenvalue weighted by atomic mass is 79.9. The summed E-state index contributed by atoms with van der Waals surface area (Å²) in [4.78, 5) is 22.5. The van der Waals surface area contributed by atoms with E-state index >= 15 is 0 Å². The van der Waals surface area contributed by atoms with Gasteiger partial charge in [0.1, 0.15) is 0 Å². The Morgan fingerprint density at radius 2 is 2.06 bits per heavy atom. The quantitative estimate of drug-likeness (QED) is 0.799. The summed E-state index contributed by atoms with van der Waals surface area (Å²) in [5.74, 6) is -0.413. The molecule has 4 nitrogen and oxygen atoms in total. The maximum Gasteiger partial charge on any atom is 0.304 e. The molecule has 0 aliphatic carbocycles. The first-order valence-electron chi connectivity index (χ1n) is 5.00. The van der Waals surface area contributed by atoms with E-state index in [1.807, 2.05) is 18.2 Å². The predicted molar refractivity (Wildman–Crippen MR) is 67.7 cm³/mol. The van der Waals surface area contributed by atoms with Crippen LogP contribution in [-0.2, 0) is 16.3 Å². The van der Waals surface area contributed by atoms with Crippen LogP contribution in [0.1, 0.15) is 6.92 Å². The minimum atomic E-state index is -0.413. The molecule has 0 bridgehead atoms. The number of fused-ring (bicyclic) bond motifs is 1. The summed E-state index contributed by atoms with van der Waals surface area (Å²) in [6.45, 7) is 1.24. The molecule has 88 valence electrons. The molecule has 1 aromatic heterocycles. The van der Waals surface area contributed by atoms with E-state index in [9.17, 15) is 9.59 Å². The lowest BCUT2D eigenvalue weighted by molar-refractivity contribution is -0.144. The van der Waals surface area contributed by atoms with E-state index in [1.165, 1.54) is 17.6 Å². The van der Waals surface area contributed by atoms with Gasteiger partial charge < -0.3 is 4.74 Å². The van der Waals surface area contributed by atoms with Gasteiger partial charge in [-0.2, -0.15) is 0 Å². The van der Waals surface area contributed by atoms with Crippen molar-refractivity contribution >= 4 is 32.8 Å². The van der Waals surface area contributed by atoms with Crippen molar-refractivity contribution in [3.05, 3.63) is 45.2 Å². The fraction of sp³-hybridized carbons (Fsp3) is 0.167. The second kappa shape index (κ2) is 4.71. The van der Waals surface area contributed by atoms with E-state index in [-0.39, 0.29) is 12.3 Å². The molecule has 0 saturated carbocycles. The largest absolute Gasteiger partial charge is 0.444 e. The summed E-state index contributed by atoms with van der Waals surface area (Å²) in [6.07, 6.45) is 0. The molecule has 0 radical (unpaired) electrons. The van der Waals surface area contributed by atoms with E-state index in [4.69, 9.17) is 4.74 Å². The van der Waals surface area contributed by atoms with Gasteiger partial charge in [-0.05, 0) is 23.6 Å². The van der Waals surface area contributed by atoms with Crippen molar-refractivity contribution in [3.8, 4) is 0 Å². The van der Waals surface area contributed by atoms with Crippen LogP contribution < -0.4 is 5.56 Å². The Morgan fingerprint density at radius 1 is 1.35 bits per heavy atom. The topological polar surface area (TPSA) is 48.3 Å². The standard InChI is InChI=1S/C12H10BrNO3/c1-8(15)17-7-14-11-6-10(13)4-2-9(11)3-5-12(14)16/h2-6H,7H2,1H3. The van der Waals surface area contributed by atoms with Gasteiger partial charge in [0.05, 0.1) is 5.52 Å². The zero-order valence-electron chi connectivity index (χ0n) is 9.14. The van der Waals surface area contributed by atoms with Crippen LogP contribution in [0.3, 0.4) is 0 Å². The molecule has 2 aromatic rings. The van der Waals surface area contributed by atoms with Gasteiger partial charge in [0.15, 0.2) is 6.73 Å². The van der Waals surface area contributed by atoms with Crippen LogP contribution in [0.4, 0.5) is 0 Å². The molecular weight excluding hydrogens is 286 g/mol. The molecule has 0 amide bonds. The number of carbonyl (C=O) groups excluding carboxylic acids is 1. The van der Waals surface area contributed by atoms with Crippen molar-refractivity contribution in [2.75, 3.05) is 0 Å². The Hall–Kier alpha value is -1.62. The summed E-state index contributed by atoms with van der Waals surface area (Å²) in [6, 6.07) is 8.81. The first kappa shape index (κ1) is 11.9. The summed E-state index contributed by atoms with van der Waals surface area (Å²) < 4.78 is 7.15. The van der Waals surface area contributed by atoms with Gasteiger partial charge in [-0.15, -0.1) is 0 Å². The Labute approximate surface area is 106 Å². The number of halogens is 1. The molecule has 0 saturated heterocycles. The van der Waals surface area contributed by atoms with Crippen molar-refractivity contribution < 1.29 is 9.53 Å². The van der Waals surface area contributed by atoms with E-state index in [1.54, 1.807) is 6.07 Å². The van der Waals surface area contributed by atoms with E-state index in [0.717, 1.165) is 15.4 Å². The molecule has 0 atom stereocenters. The molecule has 17 heavy (non-hydrogen) atoms. The second-order valence-electron chi connectivity index (χ2n) is 3.57. The average Bonchev–Trinajstić information content (AvgIpc) is 2.27. The highest BCUT2D eigenvalue weighted by Gasteiger charge is 2.04. The lowest BCUT2D eigenvalue weighted by Gasteiger charge is -2.09. The molecule has 2 rings (SSSR count). The van der Waals surface area contributed by atoms with Crippen LogP contribution in [0, 0.1) is 0 Å². The number of ether oxygens (including phenoxy) is 1. The number of aromatic nitrogens is 1. The van der Waals surface area contributed by atoms with Crippen molar-refractivity contribution in [1.82, 2.24) is 4.57 Å². The Balaban J connectivity index is 2.58. The van der Waals surface area contributed by atoms with Gasteiger partial charge in [0, 0.05) is 17.5 Å². The third-order valence-corrected chi connectivity index (χ3v) is 2.84. The van der Waals surface area contributed by atoms with Crippen LogP contribution in [0.25, 0.3) is 10.9 Å². The molecule has 0 aliphatic heterocycles. The minimum absolute atomic E-state index is 0.0675. The molecule has 0 fully saturated rings. The summed E-state index contributed by atoms with van der Waals surface area (Å²) in [5.41, 5.74) is 0.532. The maximum atomic E-state index is 11.7. The highest BCUT2D eigenvalue weighted by Crippen LogP contribution is 2.18. The smallest absolute Gasteiger partial charge is 0.304 e. The SMILES string of the molecule is CC(=O)OCn1c(=O)ccc2ccc(Br)cc21. The maximum absolute atomic E-state index is 11.7. The van der Waals surface area contributed by atoms with Crippen molar-refractivity contribution in [2.45, 2.75) is 13.7 Å². The number of pyridine rings is 1. The number of nitrogens with zero attached hydrogens (tertiary/aromatic N) is 1. The third kappa shape index (κ3) is 2.55. The number of hydrogen-bond acceptors (Lipinski definition) is 3. The molecule has 0 spiro atoms. The average molecular weight is 296 g/mol. The van der Waals surface area contributed by atoms with Gasteiger partial charge in [0.2, 0.25) is 0 Å². The van der Waals surface area contributed by atoms with Crippen LogP contribution in [0.2, 0.25) is 0 Å². The van der Waals surface area contributed by atoms with Gasteiger partial charge in [-0.3, -0.25) is 14.2 Å². The zero-order chi connectivity index (χ0) is 12.4. The van der Waals surface area contributed by atoms with Gasteiger partial charge in [-0.1, -0.05) is 22.0 Å². The molecule has 1 aromatic carbocycles. The lowest BCUT2D eigenvalue weighted by atomic mass is 10.2. The van der Waals surface area contributed by atoms with Crippen molar-refractivity contribution in [3.63, 3.8) is 0 Å². The molecular formula is C12H10BrNO3. The summed E-state index contributed by atoms with van der Waals surface area (Å²) >= 11 is 3.35. The molecule has 0 aliphatic rings. The number of rotatable bonds is 2. The fourth-order valence-corrected chi connectivity index (χ4v) is 1.90. The number of carbonyl (C=O) groups is 1. The van der Waals surface area contributed by atoms with Crippen LogP contribution >= 0.6 is 15.9 Å². The first-order valence-corrected chi connectivity index (χ1v) is 5.80. The van der Waals surface area contributed by atoms with E-state index < -0.39 is 5.97 Å². The third-order valence-electron chi connectivity index (χ3n) is 2.35.